The number of rotatable bonds is 1. The highest BCUT2D eigenvalue weighted by molar-refractivity contribution is 5.88. The van der Waals surface area contributed by atoms with E-state index in [0.717, 1.165) is 18.4 Å². The van der Waals surface area contributed by atoms with Gasteiger partial charge in [0.2, 0.25) is 0 Å². The number of ether oxygens (including phenoxy) is 1. The molecule has 0 atom stereocenters. The second-order valence-electron chi connectivity index (χ2n) is 5.57. The van der Waals surface area contributed by atoms with Crippen LogP contribution in [0.25, 0.3) is 0 Å². The summed E-state index contributed by atoms with van der Waals surface area (Å²) in [7, 11) is 0. The van der Waals surface area contributed by atoms with Crippen LogP contribution in [-0.4, -0.2) is 29.5 Å². The van der Waals surface area contributed by atoms with Gasteiger partial charge in [0.05, 0.1) is 0 Å². The van der Waals surface area contributed by atoms with Crippen LogP contribution in [0.15, 0.2) is 12.1 Å². The summed E-state index contributed by atoms with van der Waals surface area (Å²) in [5.74, 6) is 0.546. The van der Waals surface area contributed by atoms with Gasteiger partial charge in [-0.3, -0.25) is 9.69 Å². The smallest absolute Gasteiger partial charge is 0.416 e. The largest absolute Gasteiger partial charge is 0.443 e. The van der Waals surface area contributed by atoms with E-state index < -0.39 is 11.7 Å². The number of carbonyl (C=O) groups excluding carboxylic acids is 2. The van der Waals surface area contributed by atoms with Gasteiger partial charge < -0.3 is 4.74 Å². The van der Waals surface area contributed by atoms with E-state index in [4.69, 9.17) is 4.74 Å². The van der Waals surface area contributed by atoms with E-state index in [0.29, 0.717) is 24.3 Å². The van der Waals surface area contributed by atoms with Crippen LogP contribution in [0, 0.1) is 0 Å². The van der Waals surface area contributed by atoms with Crippen molar-refractivity contribution < 1.29 is 14.3 Å². The van der Waals surface area contributed by atoms with Crippen molar-refractivity contribution in [2.45, 2.75) is 39.2 Å². The van der Waals surface area contributed by atoms with Gasteiger partial charge in [-0.2, -0.15) is 0 Å². The Balaban J connectivity index is 2.30. The lowest BCUT2D eigenvalue weighted by molar-refractivity contribution is 0.0576. The van der Waals surface area contributed by atoms with Crippen LogP contribution < -0.4 is 4.90 Å². The third-order valence-electron chi connectivity index (χ3n) is 2.80. The summed E-state index contributed by atoms with van der Waals surface area (Å²) in [6.07, 6.45) is 2.00. The van der Waals surface area contributed by atoms with Crippen LogP contribution >= 0.6 is 0 Å². The van der Waals surface area contributed by atoms with Crippen molar-refractivity contribution in [1.82, 2.24) is 4.98 Å². The topological polar surface area (TPSA) is 59.5 Å². The summed E-state index contributed by atoms with van der Waals surface area (Å²) >= 11 is 0. The third-order valence-corrected chi connectivity index (χ3v) is 2.80. The summed E-state index contributed by atoms with van der Waals surface area (Å²) in [5.41, 5.74) is 0.758. The number of carbonyl (C=O) groups is 2. The minimum Gasteiger partial charge on any atom is -0.443 e. The Kier molecular flexibility index (Phi) is 3.55. The van der Waals surface area contributed by atoms with E-state index in [1.807, 2.05) is 26.8 Å². The Morgan fingerprint density at radius 1 is 1.42 bits per heavy atom. The van der Waals surface area contributed by atoms with Crippen molar-refractivity contribution in [3.05, 3.63) is 23.4 Å². The van der Waals surface area contributed by atoms with Gasteiger partial charge in [-0.05, 0) is 45.2 Å². The van der Waals surface area contributed by atoms with Gasteiger partial charge in [0, 0.05) is 6.54 Å². The monoisotopic (exact) mass is 262 g/mol. The van der Waals surface area contributed by atoms with Crippen molar-refractivity contribution in [3.8, 4) is 0 Å². The number of aryl methyl sites for hydroxylation is 1. The van der Waals surface area contributed by atoms with E-state index in [1.54, 1.807) is 6.07 Å². The highest BCUT2D eigenvalue weighted by atomic mass is 16.6. The maximum Gasteiger partial charge on any atom is 0.416 e. The summed E-state index contributed by atoms with van der Waals surface area (Å²) in [6, 6.07) is 3.52. The molecular formula is C14H18N2O3. The van der Waals surface area contributed by atoms with Gasteiger partial charge in [-0.25, -0.2) is 9.78 Å². The molecule has 0 spiro atoms. The Bertz CT molecular complexity index is 506. The zero-order chi connectivity index (χ0) is 14.0. The van der Waals surface area contributed by atoms with Crippen LogP contribution in [0.1, 0.15) is 43.2 Å². The molecule has 2 heterocycles. The first kappa shape index (κ1) is 13.5. The molecule has 0 aliphatic carbocycles. The molecule has 0 radical (unpaired) electrons. The van der Waals surface area contributed by atoms with E-state index in [9.17, 15) is 9.59 Å². The second kappa shape index (κ2) is 4.99. The van der Waals surface area contributed by atoms with Gasteiger partial charge >= 0.3 is 6.09 Å². The van der Waals surface area contributed by atoms with Crippen molar-refractivity contribution in [3.63, 3.8) is 0 Å². The van der Waals surface area contributed by atoms with Gasteiger partial charge in [-0.1, -0.05) is 6.07 Å². The molecule has 1 aliphatic rings. The lowest BCUT2D eigenvalue weighted by Crippen LogP contribution is -2.40. The van der Waals surface area contributed by atoms with Crippen LogP contribution in [0.5, 0.6) is 0 Å². The Hall–Kier alpha value is -1.91. The first-order valence-corrected chi connectivity index (χ1v) is 6.36. The van der Waals surface area contributed by atoms with Crippen LogP contribution in [0.2, 0.25) is 0 Å². The number of aldehydes is 1. The fraction of sp³-hybridized carbons (Fsp3) is 0.500. The van der Waals surface area contributed by atoms with Crippen LogP contribution in [0.3, 0.4) is 0 Å². The fourth-order valence-electron chi connectivity index (χ4n) is 2.01. The number of aromatic nitrogens is 1. The molecule has 2 rings (SSSR count). The Morgan fingerprint density at radius 3 is 2.79 bits per heavy atom. The van der Waals surface area contributed by atoms with Crippen molar-refractivity contribution in [2.24, 2.45) is 0 Å². The lowest BCUT2D eigenvalue weighted by Gasteiger charge is -2.30. The van der Waals surface area contributed by atoms with Gasteiger partial charge in [-0.15, -0.1) is 0 Å². The number of anilines is 1. The minimum absolute atomic E-state index is 0.328. The normalized spacial score (nSPS) is 14.8. The fourth-order valence-corrected chi connectivity index (χ4v) is 2.01. The molecule has 0 aromatic carbocycles. The molecule has 102 valence electrons. The molecule has 19 heavy (non-hydrogen) atoms. The van der Waals surface area contributed by atoms with Crippen LogP contribution in [-0.2, 0) is 11.2 Å². The number of nitrogens with zero attached hydrogens (tertiary/aromatic N) is 2. The van der Waals surface area contributed by atoms with Crippen molar-refractivity contribution in [1.29, 1.82) is 0 Å². The van der Waals surface area contributed by atoms with E-state index in [2.05, 4.69) is 4.98 Å². The quantitative estimate of drug-likeness (QED) is 0.730. The average molecular weight is 262 g/mol. The second-order valence-corrected chi connectivity index (χ2v) is 5.57. The first-order valence-electron chi connectivity index (χ1n) is 6.36. The Labute approximate surface area is 112 Å². The predicted octanol–water partition coefficient (Wildman–Crippen LogP) is 2.58. The standard InChI is InChI=1S/C14H18N2O3/c1-14(2,3)19-13(18)16-8-4-5-10-6-7-11(9-17)15-12(10)16/h6-7,9H,4-5,8H2,1-3H3. The molecule has 0 saturated carbocycles. The van der Waals surface area contributed by atoms with Gasteiger partial charge in [0.25, 0.3) is 0 Å². The number of hydrogen-bond donors (Lipinski definition) is 0. The summed E-state index contributed by atoms with van der Waals surface area (Å²) in [4.78, 5) is 28.7. The summed E-state index contributed by atoms with van der Waals surface area (Å²) < 4.78 is 5.37. The summed E-state index contributed by atoms with van der Waals surface area (Å²) in [6.45, 7) is 6.04. The molecule has 1 aromatic heterocycles. The minimum atomic E-state index is -0.545. The molecule has 0 unspecified atom stereocenters. The maximum atomic E-state index is 12.2. The molecular weight excluding hydrogens is 244 g/mol. The van der Waals surface area contributed by atoms with E-state index in [1.165, 1.54) is 4.90 Å². The zero-order valence-corrected chi connectivity index (χ0v) is 11.5. The molecule has 5 nitrogen and oxygen atoms in total. The lowest BCUT2D eigenvalue weighted by atomic mass is 10.1. The molecule has 5 heteroatoms. The number of hydrogen-bond acceptors (Lipinski definition) is 4. The molecule has 1 aromatic rings. The number of pyridine rings is 1. The molecule has 0 saturated heterocycles. The molecule has 1 amide bonds. The average Bonchev–Trinajstić information content (AvgIpc) is 2.35. The molecule has 0 fully saturated rings. The van der Waals surface area contributed by atoms with E-state index >= 15 is 0 Å². The number of fused-ring (bicyclic) bond motifs is 1. The predicted molar refractivity (Wildman–Crippen MR) is 71.5 cm³/mol. The zero-order valence-electron chi connectivity index (χ0n) is 11.5. The number of amides is 1. The molecule has 0 N–H and O–H groups in total. The Morgan fingerprint density at radius 2 is 2.16 bits per heavy atom. The summed E-state index contributed by atoms with van der Waals surface area (Å²) in [5, 5.41) is 0. The highest BCUT2D eigenvalue weighted by Gasteiger charge is 2.28. The first-order chi connectivity index (χ1) is 8.90. The molecule has 1 aliphatic heterocycles. The van der Waals surface area contributed by atoms with E-state index in [-0.39, 0.29) is 0 Å². The van der Waals surface area contributed by atoms with Crippen molar-refractivity contribution in [2.75, 3.05) is 11.4 Å². The maximum absolute atomic E-state index is 12.2. The van der Waals surface area contributed by atoms with Gasteiger partial charge in [0.15, 0.2) is 6.29 Å². The van der Waals surface area contributed by atoms with Gasteiger partial charge in [0.1, 0.15) is 17.1 Å². The third kappa shape index (κ3) is 3.10. The SMILES string of the molecule is CC(C)(C)OC(=O)N1CCCc2ccc(C=O)nc21. The van der Waals surface area contributed by atoms with Crippen LogP contribution in [0.4, 0.5) is 10.6 Å². The highest BCUT2D eigenvalue weighted by Crippen LogP contribution is 2.26. The molecule has 0 bridgehead atoms. The van der Waals surface area contributed by atoms with Crippen molar-refractivity contribution >= 4 is 18.2 Å².